The number of aromatic nitrogens is 4. The predicted octanol–water partition coefficient (Wildman–Crippen LogP) is 3.97. The predicted molar refractivity (Wildman–Crippen MR) is 109 cm³/mol. The molecule has 1 aliphatic rings. The van der Waals surface area contributed by atoms with Crippen LogP contribution in [0.25, 0.3) is 11.4 Å². The van der Waals surface area contributed by atoms with E-state index >= 15 is 0 Å². The highest BCUT2D eigenvalue weighted by Gasteiger charge is 2.29. The molecule has 1 saturated carbocycles. The molecule has 0 aliphatic heterocycles. The van der Waals surface area contributed by atoms with Crippen molar-refractivity contribution in [3.8, 4) is 17.1 Å². The molecule has 1 aliphatic carbocycles. The van der Waals surface area contributed by atoms with E-state index in [9.17, 15) is 4.79 Å². The lowest BCUT2D eigenvalue weighted by molar-refractivity contribution is -0.148. The smallest absolute Gasteiger partial charge is 0.306 e. The first kappa shape index (κ1) is 20.8. The quantitative estimate of drug-likeness (QED) is 0.468. The summed E-state index contributed by atoms with van der Waals surface area (Å²) in [5.74, 6) is 0.989. The molecule has 8 heteroatoms. The molecule has 152 valence electrons. The zero-order valence-electron chi connectivity index (χ0n) is 16.8. The van der Waals surface area contributed by atoms with Crippen LogP contribution in [0.5, 0.6) is 5.75 Å². The number of esters is 1. The minimum Gasteiger partial charge on any atom is -0.489 e. The molecule has 2 heterocycles. The first-order chi connectivity index (χ1) is 13.4. The molecule has 0 saturated heterocycles. The lowest BCUT2D eigenvalue weighted by Crippen LogP contribution is -2.16. The largest absolute Gasteiger partial charge is 0.489 e. The van der Waals surface area contributed by atoms with Gasteiger partial charge in [0.2, 0.25) is 0 Å². The Morgan fingerprint density at radius 1 is 1.36 bits per heavy atom. The van der Waals surface area contributed by atoms with E-state index in [-0.39, 0.29) is 18.2 Å². The molecule has 0 N–H and O–H groups in total. The van der Waals surface area contributed by atoms with Crippen LogP contribution in [0.4, 0.5) is 0 Å². The van der Waals surface area contributed by atoms with Gasteiger partial charge in [-0.1, -0.05) is 21.1 Å². The number of hydrogen-bond acceptors (Lipinski definition) is 6. The fourth-order valence-electron chi connectivity index (χ4n) is 3.58. The van der Waals surface area contributed by atoms with Gasteiger partial charge < -0.3 is 9.47 Å². The summed E-state index contributed by atoms with van der Waals surface area (Å²) in [7, 11) is 1.87. The number of hydrogen-bond donors (Lipinski definition) is 0. The Balaban J connectivity index is 1.62. The van der Waals surface area contributed by atoms with Crippen molar-refractivity contribution in [1.29, 1.82) is 0 Å². The van der Waals surface area contributed by atoms with Gasteiger partial charge in [-0.2, -0.15) is 0 Å². The molecule has 0 amide bonds. The normalized spacial score (nSPS) is 19.2. The van der Waals surface area contributed by atoms with E-state index < -0.39 is 0 Å². The molecule has 3 rings (SSSR count). The van der Waals surface area contributed by atoms with Crippen LogP contribution in [0, 0.1) is 12.8 Å². The Morgan fingerprint density at radius 3 is 2.82 bits per heavy atom. The standard InChI is InChI=1S/C20H27BrN4O3/c1-12(2)27-19(26)10-14-5-6-15(9-14)28-18-8-7-16(22-13(18)3)20-17(11-21)25(4)24-23-20/h7-8,12,14-15H,5-6,9-11H2,1-4H3/t14-,15-/m0/s1. The maximum Gasteiger partial charge on any atom is 0.306 e. The van der Waals surface area contributed by atoms with Gasteiger partial charge in [-0.15, -0.1) is 5.10 Å². The molecular formula is C20H27BrN4O3. The molecule has 1 fully saturated rings. The number of halogens is 1. The third-order valence-corrected chi connectivity index (χ3v) is 5.49. The van der Waals surface area contributed by atoms with E-state index in [1.54, 1.807) is 4.68 Å². The summed E-state index contributed by atoms with van der Waals surface area (Å²) < 4.78 is 13.2. The van der Waals surface area contributed by atoms with Gasteiger partial charge in [0.15, 0.2) is 0 Å². The minimum absolute atomic E-state index is 0.0625. The number of pyridine rings is 1. The minimum atomic E-state index is -0.116. The molecule has 2 atom stereocenters. The maximum atomic E-state index is 11.9. The van der Waals surface area contributed by atoms with Crippen LogP contribution in [-0.4, -0.2) is 38.2 Å². The first-order valence-corrected chi connectivity index (χ1v) is 10.8. The lowest BCUT2D eigenvalue weighted by atomic mass is 10.0. The van der Waals surface area contributed by atoms with Gasteiger partial charge in [0.25, 0.3) is 0 Å². The number of rotatable bonds is 7. The van der Waals surface area contributed by atoms with Crippen LogP contribution in [0.2, 0.25) is 0 Å². The molecular weight excluding hydrogens is 424 g/mol. The van der Waals surface area contributed by atoms with Gasteiger partial charge in [0.1, 0.15) is 11.4 Å². The Labute approximate surface area is 173 Å². The van der Waals surface area contributed by atoms with E-state index in [0.29, 0.717) is 17.7 Å². The average molecular weight is 451 g/mol. The topological polar surface area (TPSA) is 79.1 Å². The van der Waals surface area contributed by atoms with Crippen molar-refractivity contribution in [3.63, 3.8) is 0 Å². The Hall–Kier alpha value is -1.96. The summed E-state index contributed by atoms with van der Waals surface area (Å²) in [5, 5.41) is 8.96. The third kappa shape index (κ3) is 4.90. The van der Waals surface area contributed by atoms with Gasteiger partial charge in [0.05, 0.1) is 29.3 Å². The molecule has 0 unspecified atom stereocenters. The summed E-state index contributed by atoms with van der Waals surface area (Å²) in [6.45, 7) is 5.69. The zero-order valence-corrected chi connectivity index (χ0v) is 18.4. The van der Waals surface area contributed by atoms with Crippen LogP contribution in [-0.2, 0) is 21.9 Å². The number of aryl methyl sites for hydroxylation is 2. The number of alkyl halides is 1. The summed E-state index contributed by atoms with van der Waals surface area (Å²) >= 11 is 3.48. The number of carbonyl (C=O) groups excluding carboxylic acids is 1. The lowest BCUT2D eigenvalue weighted by Gasteiger charge is -2.16. The molecule has 2 aromatic heterocycles. The fourth-order valence-corrected chi connectivity index (χ4v) is 4.21. The van der Waals surface area contributed by atoms with E-state index in [4.69, 9.17) is 9.47 Å². The van der Waals surface area contributed by atoms with E-state index in [2.05, 4.69) is 31.2 Å². The highest BCUT2D eigenvalue weighted by molar-refractivity contribution is 9.08. The second-order valence-electron chi connectivity index (χ2n) is 7.58. The van der Waals surface area contributed by atoms with E-state index in [1.165, 1.54) is 0 Å². The number of carbonyl (C=O) groups is 1. The van der Waals surface area contributed by atoms with Crippen molar-refractivity contribution < 1.29 is 14.3 Å². The van der Waals surface area contributed by atoms with Crippen molar-refractivity contribution in [3.05, 3.63) is 23.5 Å². The highest BCUT2D eigenvalue weighted by atomic mass is 79.9. The third-order valence-electron chi connectivity index (χ3n) is 4.96. The van der Waals surface area contributed by atoms with Crippen molar-refractivity contribution in [2.45, 2.75) is 64.0 Å². The van der Waals surface area contributed by atoms with Gasteiger partial charge in [0, 0.05) is 18.8 Å². The van der Waals surface area contributed by atoms with Gasteiger partial charge in [-0.3, -0.25) is 9.48 Å². The van der Waals surface area contributed by atoms with Crippen LogP contribution in [0.3, 0.4) is 0 Å². The Bertz CT molecular complexity index is 837. The van der Waals surface area contributed by atoms with E-state index in [0.717, 1.165) is 47.8 Å². The van der Waals surface area contributed by atoms with Crippen molar-refractivity contribution in [2.75, 3.05) is 0 Å². The summed E-state index contributed by atoms with van der Waals surface area (Å²) in [6, 6.07) is 3.87. The molecule has 0 aromatic carbocycles. The van der Waals surface area contributed by atoms with Crippen molar-refractivity contribution >= 4 is 21.9 Å². The average Bonchev–Trinajstić information content (AvgIpc) is 3.22. The van der Waals surface area contributed by atoms with Crippen LogP contribution in [0.1, 0.15) is 50.9 Å². The van der Waals surface area contributed by atoms with Crippen LogP contribution in [0.15, 0.2) is 12.1 Å². The molecule has 2 aromatic rings. The maximum absolute atomic E-state index is 11.9. The van der Waals surface area contributed by atoms with Crippen LogP contribution >= 0.6 is 15.9 Å². The van der Waals surface area contributed by atoms with Crippen molar-refractivity contribution in [1.82, 2.24) is 20.0 Å². The molecule has 0 bridgehead atoms. The van der Waals surface area contributed by atoms with Gasteiger partial charge in [-0.25, -0.2) is 4.98 Å². The van der Waals surface area contributed by atoms with Crippen LogP contribution < -0.4 is 4.74 Å². The number of nitrogens with zero attached hydrogens (tertiary/aromatic N) is 4. The van der Waals surface area contributed by atoms with E-state index in [1.807, 2.05) is 40.0 Å². The molecule has 0 spiro atoms. The highest BCUT2D eigenvalue weighted by Crippen LogP contribution is 2.33. The summed E-state index contributed by atoms with van der Waals surface area (Å²) in [6.07, 6.45) is 3.31. The van der Waals surface area contributed by atoms with Gasteiger partial charge >= 0.3 is 5.97 Å². The zero-order chi connectivity index (χ0) is 20.3. The van der Waals surface area contributed by atoms with Crippen molar-refractivity contribution in [2.24, 2.45) is 13.0 Å². The number of ether oxygens (including phenoxy) is 2. The summed E-state index contributed by atoms with van der Waals surface area (Å²) in [5.41, 5.74) is 3.37. The Kier molecular flexibility index (Phi) is 6.69. The van der Waals surface area contributed by atoms with Gasteiger partial charge in [-0.05, 0) is 58.1 Å². The second kappa shape index (κ2) is 9.03. The second-order valence-corrected chi connectivity index (χ2v) is 8.14. The SMILES string of the molecule is Cc1nc(-c2nnn(C)c2CBr)ccc1O[C@H]1CC[C@H](CC(=O)OC(C)C)C1. The first-order valence-electron chi connectivity index (χ1n) is 9.66. The molecule has 0 radical (unpaired) electrons. The molecule has 28 heavy (non-hydrogen) atoms. The fraction of sp³-hybridized carbons (Fsp3) is 0.600. The Morgan fingerprint density at radius 2 is 2.14 bits per heavy atom. The monoisotopic (exact) mass is 450 g/mol. The molecule has 7 nitrogen and oxygen atoms in total. The summed E-state index contributed by atoms with van der Waals surface area (Å²) in [4.78, 5) is 16.5.